The second-order valence-corrected chi connectivity index (χ2v) is 6.36. The fourth-order valence-corrected chi connectivity index (χ4v) is 3.42. The second-order valence-electron chi connectivity index (χ2n) is 5.55. The minimum absolute atomic E-state index is 0.0789. The molecule has 3 rings (SSSR count). The van der Waals surface area contributed by atoms with Crippen molar-refractivity contribution < 1.29 is 14.7 Å². The molecule has 0 radical (unpaired) electrons. The van der Waals surface area contributed by atoms with Gasteiger partial charge in [-0.15, -0.1) is 0 Å². The van der Waals surface area contributed by atoms with E-state index in [9.17, 15) is 9.59 Å². The number of carbonyl (C=O) groups excluding carboxylic acids is 1. The highest BCUT2D eigenvalue weighted by molar-refractivity contribution is 6.42. The number of likely N-dealkylation sites (tertiary alicyclic amines) is 2. The lowest BCUT2D eigenvalue weighted by Gasteiger charge is -2.20. The summed E-state index contributed by atoms with van der Waals surface area (Å²) in [6, 6.07) is 4.85. The van der Waals surface area contributed by atoms with Crippen LogP contribution in [0.2, 0.25) is 10.0 Å². The monoisotopic (exact) mass is 328 g/mol. The van der Waals surface area contributed by atoms with Crippen LogP contribution in [0.25, 0.3) is 0 Å². The predicted octanol–water partition coefficient (Wildman–Crippen LogP) is 2.68. The van der Waals surface area contributed by atoms with Gasteiger partial charge in [0, 0.05) is 43.6 Å². The Bertz CT molecular complexity index is 594. The third kappa shape index (κ3) is 2.68. The number of hydrogen-bond acceptors (Lipinski definition) is 2. The molecule has 2 unspecified atom stereocenters. The zero-order valence-electron chi connectivity index (χ0n) is 11.1. The first-order chi connectivity index (χ1) is 9.95. The first kappa shape index (κ1) is 14.5. The van der Waals surface area contributed by atoms with Gasteiger partial charge in [-0.1, -0.05) is 23.2 Å². The molecule has 0 aromatic heterocycles. The van der Waals surface area contributed by atoms with Gasteiger partial charge in [-0.25, -0.2) is 4.79 Å². The van der Waals surface area contributed by atoms with E-state index in [1.54, 1.807) is 23.1 Å². The average Bonchev–Trinajstić information content (AvgIpc) is 2.99. The first-order valence-corrected chi connectivity index (χ1v) is 7.43. The molecule has 1 N–H and O–H groups in total. The summed E-state index contributed by atoms with van der Waals surface area (Å²) in [5, 5.41) is 9.78. The molecule has 112 valence electrons. The van der Waals surface area contributed by atoms with E-state index in [1.165, 1.54) is 4.90 Å². The van der Waals surface area contributed by atoms with Crippen LogP contribution in [0.4, 0.5) is 4.79 Å². The van der Waals surface area contributed by atoms with E-state index in [4.69, 9.17) is 28.3 Å². The van der Waals surface area contributed by atoms with E-state index in [0.717, 1.165) is 0 Å². The van der Waals surface area contributed by atoms with E-state index in [-0.39, 0.29) is 17.7 Å². The number of carbonyl (C=O) groups is 2. The van der Waals surface area contributed by atoms with Crippen molar-refractivity contribution in [3.8, 4) is 0 Å². The van der Waals surface area contributed by atoms with Crippen LogP contribution in [0.3, 0.4) is 0 Å². The minimum Gasteiger partial charge on any atom is -0.465 e. The SMILES string of the molecule is O=C(O)N1CC2CN(C(=O)c3ccc(Cl)c(Cl)c3)CC2C1. The number of halogens is 2. The zero-order chi connectivity index (χ0) is 15.1. The van der Waals surface area contributed by atoms with E-state index >= 15 is 0 Å². The molecule has 0 saturated carbocycles. The van der Waals surface area contributed by atoms with E-state index in [1.807, 2.05) is 0 Å². The van der Waals surface area contributed by atoms with Crippen LogP contribution in [-0.2, 0) is 0 Å². The van der Waals surface area contributed by atoms with Crippen molar-refractivity contribution in [2.24, 2.45) is 11.8 Å². The molecule has 2 aliphatic heterocycles. The molecule has 5 nitrogen and oxygen atoms in total. The quantitative estimate of drug-likeness (QED) is 0.862. The molecule has 0 aliphatic carbocycles. The molecule has 7 heteroatoms. The van der Waals surface area contributed by atoms with Gasteiger partial charge in [0.1, 0.15) is 0 Å². The standard InChI is InChI=1S/C14H14Cl2N2O3/c15-11-2-1-8(3-12(11)16)13(19)17-4-9-6-18(14(20)21)7-10(9)5-17/h1-3,9-10H,4-7H2,(H,20,21). The lowest BCUT2D eigenvalue weighted by atomic mass is 10.0. The van der Waals surface area contributed by atoms with Crippen molar-refractivity contribution in [2.75, 3.05) is 26.2 Å². The number of amides is 2. The van der Waals surface area contributed by atoms with Crippen LogP contribution in [-0.4, -0.2) is 53.1 Å². The Hall–Kier alpha value is -1.46. The summed E-state index contributed by atoms with van der Waals surface area (Å²) < 4.78 is 0. The maximum atomic E-state index is 12.5. The van der Waals surface area contributed by atoms with Crippen molar-refractivity contribution in [1.82, 2.24) is 9.80 Å². The molecule has 2 fully saturated rings. The van der Waals surface area contributed by atoms with Crippen LogP contribution in [0.1, 0.15) is 10.4 Å². The molecule has 21 heavy (non-hydrogen) atoms. The van der Waals surface area contributed by atoms with E-state index < -0.39 is 6.09 Å². The molecular formula is C14H14Cl2N2O3. The molecule has 2 heterocycles. The molecule has 2 amide bonds. The Kier molecular flexibility index (Phi) is 3.71. The summed E-state index contributed by atoms with van der Waals surface area (Å²) in [5.74, 6) is 0.380. The zero-order valence-corrected chi connectivity index (χ0v) is 12.6. The Morgan fingerprint density at radius 3 is 2.10 bits per heavy atom. The largest absolute Gasteiger partial charge is 0.465 e. The van der Waals surface area contributed by atoms with Crippen molar-refractivity contribution in [2.45, 2.75) is 0 Å². The molecule has 2 aliphatic rings. The third-order valence-electron chi connectivity index (χ3n) is 4.21. The number of rotatable bonds is 1. The van der Waals surface area contributed by atoms with Gasteiger partial charge in [0.05, 0.1) is 10.0 Å². The number of nitrogens with zero attached hydrogens (tertiary/aromatic N) is 2. The lowest BCUT2D eigenvalue weighted by molar-refractivity contribution is 0.0774. The maximum Gasteiger partial charge on any atom is 0.407 e. The summed E-state index contributed by atoms with van der Waals surface area (Å²) in [7, 11) is 0. The highest BCUT2D eigenvalue weighted by Gasteiger charge is 2.43. The number of hydrogen-bond donors (Lipinski definition) is 1. The summed E-state index contributed by atoms with van der Waals surface area (Å²) in [4.78, 5) is 26.6. The van der Waals surface area contributed by atoms with Gasteiger partial charge < -0.3 is 14.9 Å². The van der Waals surface area contributed by atoms with E-state index in [0.29, 0.717) is 41.8 Å². The number of fused-ring (bicyclic) bond motifs is 1. The van der Waals surface area contributed by atoms with Crippen molar-refractivity contribution in [3.63, 3.8) is 0 Å². The Labute approximate surface area is 132 Å². The highest BCUT2D eigenvalue weighted by atomic mass is 35.5. The molecule has 1 aromatic rings. The van der Waals surface area contributed by atoms with Crippen LogP contribution in [0, 0.1) is 11.8 Å². The molecule has 0 bridgehead atoms. The first-order valence-electron chi connectivity index (χ1n) is 6.68. The molecule has 2 atom stereocenters. The third-order valence-corrected chi connectivity index (χ3v) is 4.95. The molecule has 2 saturated heterocycles. The van der Waals surface area contributed by atoms with Crippen LogP contribution in [0.5, 0.6) is 0 Å². The summed E-state index contributed by atoms with van der Waals surface area (Å²) >= 11 is 11.8. The molecule has 1 aromatic carbocycles. The van der Waals surface area contributed by atoms with Gasteiger partial charge in [-0.2, -0.15) is 0 Å². The normalized spacial score (nSPS) is 24.3. The molecule has 0 spiro atoms. The van der Waals surface area contributed by atoms with Crippen LogP contribution < -0.4 is 0 Å². The van der Waals surface area contributed by atoms with Gasteiger partial charge in [-0.3, -0.25) is 4.79 Å². The smallest absolute Gasteiger partial charge is 0.407 e. The van der Waals surface area contributed by atoms with Crippen molar-refractivity contribution in [3.05, 3.63) is 33.8 Å². The van der Waals surface area contributed by atoms with Crippen molar-refractivity contribution in [1.29, 1.82) is 0 Å². The highest BCUT2D eigenvalue weighted by Crippen LogP contribution is 2.32. The van der Waals surface area contributed by atoms with Gasteiger partial charge in [-0.05, 0) is 18.2 Å². The fourth-order valence-electron chi connectivity index (χ4n) is 3.13. The van der Waals surface area contributed by atoms with Crippen LogP contribution >= 0.6 is 23.2 Å². The minimum atomic E-state index is -0.883. The van der Waals surface area contributed by atoms with Gasteiger partial charge >= 0.3 is 6.09 Å². The number of benzene rings is 1. The second kappa shape index (κ2) is 5.39. The van der Waals surface area contributed by atoms with Crippen LogP contribution in [0.15, 0.2) is 18.2 Å². The number of carboxylic acid groups (broad SMARTS) is 1. The predicted molar refractivity (Wildman–Crippen MR) is 78.9 cm³/mol. The van der Waals surface area contributed by atoms with Gasteiger partial charge in [0.2, 0.25) is 0 Å². The van der Waals surface area contributed by atoms with Gasteiger partial charge in [0.15, 0.2) is 0 Å². The Morgan fingerprint density at radius 2 is 1.57 bits per heavy atom. The summed E-state index contributed by atoms with van der Waals surface area (Å²) in [5.41, 5.74) is 0.513. The van der Waals surface area contributed by atoms with Gasteiger partial charge in [0.25, 0.3) is 5.91 Å². The Morgan fingerprint density at radius 1 is 1.00 bits per heavy atom. The van der Waals surface area contributed by atoms with Crippen molar-refractivity contribution >= 4 is 35.2 Å². The van der Waals surface area contributed by atoms with E-state index in [2.05, 4.69) is 0 Å². The summed E-state index contributed by atoms with van der Waals surface area (Å²) in [6.45, 7) is 2.19. The summed E-state index contributed by atoms with van der Waals surface area (Å²) in [6.07, 6.45) is -0.883. The fraction of sp³-hybridized carbons (Fsp3) is 0.429. The molecular weight excluding hydrogens is 315 g/mol. The maximum absolute atomic E-state index is 12.5. The topological polar surface area (TPSA) is 60.9 Å². The Balaban J connectivity index is 1.69. The lowest BCUT2D eigenvalue weighted by Crippen LogP contribution is -2.35. The average molecular weight is 329 g/mol.